The summed E-state index contributed by atoms with van der Waals surface area (Å²) < 4.78 is 3.50. The van der Waals surface area contributed by atoms with Gasteiger partial charge in [-0.05, 0) is 6.42 Å². The molecular weight excluding hydrogens is 292 g/mol. The lowest BCUT2D eigenvalue weighted by Crippen LogP contribution is -2.27. The monoisotopic (exact) mass is 312 g/mol. The molecule has 2 rings (SSSR count). The second kappa shape index (κ2) is 6.13. The van der Waals surface area contributed by atoms with Crippen LogP contribution in [0.1, 0.15) is 33.1 Å². The molecule has 0 aliphatic rings. The number of imidazole rings is 1. The molecule has 0 aliphatic heterocycles. The highest BCUT2D eigenvalue weighted by Gasteiger charge is 2.13. The van der Waals surface area contributed by atoms with Crippen LogP contribution >= 0.6 is 24.0 Å². The maximum atomic E-state index is 12.0. The van der Waals surface area contributed by atoms with E-state index < -0.39 is 0 Å². The van der Waals surface area contributed by atoms with Crippen molar-refractivity contribution in [1.29, 1.82) is 0 Å². The van der Waals surface area contributed by atoms with E-state index in [0.29, 0.717) is 15.5 Å². The summed E-state index contributed by atoms with van der Waals surface area (Å²) in [5.74, 6) is 0. The van der Waals surface area contributed by atoms with Crippen LogP contribution in [0.3, 0.4) is 0 Å². The maximum Gasteiger partial charge on any atom is 0.330 e. The average molecular weight is 312 g/mol. The quantitative estimate of drug-likeness (QED) is 0.681. The molecule has 20 heavy (non-hydrogen) atoms. The highest BCUT2D eigenvalue weighted by molar-refractivity contribution is 7.99. The molecular formula is C13H20N4OS2. The Hall–Kier alpha value is -1.08. The molecule has 0 radical (unpaired) electrons. The minimum atomic E-state index is -0.149. The van der Waals surface area contributed by atoms with Crippen molar-refractivity contribution < 1.29 is 0 Å². The van der Waals surface area contributed by atoms with E-state index in [9.17, 15) is 4.79 Å². The van der Waals surface area contributed by atoms with E-state index in [1.807, 2.05) is 0 Å². The number of hydrogen-bond acceptors (Lipinski definition) is 4. The summed E-state index contributed by atoms with van der Waals surface area (Å²) in [6.45, 7) is 4.39. The van der Waals surface area contributed by atoms with Gasteiger partial charge in [-0.1, -0.05) is 50.7 Å². The molecule has 7 heteroatoms. The summed E-state index contributed by atoms with van der Waals surface area (Å²) in [6, 6.07) is 0. The predicted octanol–water partition coefficient (Wildman–Crippen LogP) is 3.00. The first-order chi connectivity index (χ1) is 9.45. The first-order valence-corrected chi connectivity index (χ1v) is 8.06. The van der Waals surface area contributed by atoms with Gasteiger partial charge in [0.2, 0.25) is 0 Å². The highest BCUT2D eigenvalue weighted by atomic mass is 32.2. The van der Waals surface area contributed by atoms with E-state index >= 15 is 0 Å². The average Bonchev–Trinajstić information content (AvgIpc) is 2.84. The van der Waals surface area contributed by atoms with Gasteiger partial charge in [-0.3, -0.25) is 9.13 Å². The van der Waals surface area contributed by atoms with Crippen LogP contribution in [0, 0.1) is 4.64 Å². The Morgan fingerprint density at radius 3 is 2.75 bits per heavy atom. The van der Waals surface area contributed by atoms with Gasteiger partial charge >= 0.3 is 5.69 Å². The van der Waals surface area contributed by atoms with Gasteiger partial charge in [0.25, 0.3) is 0 Å². The van der Waals surface area contributed by atoms with Crippen LogP contribution in [-0.4, -0.2) is 24.4 Å². The number of aromatic nitrogens is 4. The van der Waals surface area contributed by atoms with Gasteiger partial charge in [-0.15, -0.1) is 0 Å². The van der Waals surface area contributed by atoms with Gasteiger partial charge in [-0.2, -0.15) is 0 Å². The highest BCUT2D eigenvalue weighted by Crippen LogP contribution is 2.25. The molecule has 5 nitrogen and oxygen atoms in total. The summed E-state index contributed by atoms with van der Waals surface area (Å²) in [5.41, 5.74) is 1.24. The topological polar surface area (TPSA) is 55.6 Å². The summed E-state index contributed by atoms with van der Waals surface area (Å²) in [5, 5.41) is 1.32. The molecule has 1 N–H and O–H groups in total. The van der Waals surface area contributed by atoms with Crippen LogP contribution in [0.5, 0.6) is 0 Å². The van der Waals surface area contributed by atoms with Crippen LogP contribution in [0.2, 0.25) is 0 Å². The summed E-state index contributed by atoms with van der Waals surface area (Å²) in [7, 11) is 3.40. The van der Waals surface area contributed by atoms with Crippen molar-refractivity contribution in [2.45, 2.75) is 43.5 Å². The summed E-state index contributed by atoms with van der Waals surface area (Å²) >= 11 is 7.01. The summed E-state index contributed by atoms with van der Waals surface area (Å²) in [6.07, 6.45) is 3.57. The Kier molecular flexibility index (Phi) is 4.70. The lowest BCUT2D eigenvalue weighted by molar-refractivity contribution is 0.711. The van der Waals surface area contributed by atoms with Gasteiger partial charge < -0.3 is 4.98 Å². The van der Waals surface area contributed by atoms with E-state index in [4.69, 9.17) is 12.2 Å². The predicted molar refractivity (Wildman–Crippen MR) is 86.0 cm³/mol. The number of hydrogen-bond donors (Lipinski definition) is 1. The van der Waals surface area contributed by atoms with Crippen molar-refractivity contribution in [3.8, 4) is 0 Å². The van der Waals surface area contributed by atoms with Crippen molar-refractivity contribution in [2.75, 3.05) is 0 Å². The minimum Gasteiger partial charge on any atom is -0.329 e. The van der Waals surface area contributed by atoms with E-state index in [2.05, 4.69) is 23.8 Å². The number of unbranched alkanes of at least 4 members (excludes halogenated alkanes) is 1. The second-order valence-corrected chi connectivity index (χ2v) is 6.83. The largest absolute Gasteiger partial charge is 0.330 e. The van der Waals surface area contributed by atoms with Crippen molar-refractivity contribution in [2.24, 2.45) is 14.1 Å². The van der Waals surface area contributed by atoms with E-state index in [1.54, 1.807) is 25.9 Å². The van der Waals surface area contributed by atoms with E-state index in [1.165, 1.54) is 22.0 Å². The molecule has 1 atom stereocenters. The number of aromatic amines is 1. The fourth-order valence-corrected chi connectivity index (χ4v) is 3.29. The Bertz CT molecular complexity index is 728. The maximum absolute atomic E-state index is 12.0. The first kappa shape index (κ1) is 15.3. The molecule has 0 unspecified atom stereocenters. The number of thioether (sulfide) groups is 1. The third-order valence-electron chi connectivity index (χ3n) is 3.35. The SMILES string of the molecule is CCCC[C@@H](C)Sc1nc2c([nH]1)c(=S)n(C)c(=O)n2C. The van der Waals surface area contributed by atoms with Crippen LogP contribution in [0.4, 0.5) is 0 Å². The number of rotatable bonds is 5. The number of nitrogens with one attached hydrogen (secondary N) is 1. The second-order valence-electron chi connectivity index (χ2n) is 5.02. The third kappa shape index (κ3) is 2.83. The third-order valence-corrected chi connectivity index (χ3v) is 4.88. The molecule has 2 aromatic rings. The van der Waals surface area contributed by atoms with Crippen molar-refractivity contribution in [1.82, 2.24) is 19.1 Å². The molecule has 0 saturated carbocycles. The van der Waals surface area contributed by atoms with Gasteiger partial charge in [-0.25, -0.2) is 9.78 Å². The van der Waals surface area contributed by atoms with E-state index in [-0.39, 0.29) is 5.69 Å². The molecule has 2 aromatic heterocycles. The number of nitrogens with zero attached hydrogens (tertiary/aromatic N) is 3. The Morgan fingerprint density at radius 1 is 1.40 bits per heavy atom. The number of aryl methyl sites for hydroxylation is 1. The van der Waals surface area contributed by atoms with Crippen molar-refractivity contribution in [3.05, 3.63) is 15.1 Å². The molecule has 0 saturated heterocycles. The van der Waals surface area contributed by atoms with Gasteiger partial charge in [0.15, 0.2) is 10.8 Å². The normalized spacial score (nSPS) is 13.0. The molecule has 0 spiro atoms. The lowest BCUT2D eigenvalue weighted by Gasteiger charge is -2.07. The number of H-pyrrole nitrogens is 1. The molecule has 0 bridgehead atoms. The fraction of sp³-hybridized carbons (Fsp3) is 0.615. The Balaban J connectivity index is 2.39. The van der Waals surface area contributed by atoms with Crippen LogP contribution in [0.25, 0.3) is 11.2 Å². The van der Waals surface area contributed by atoms with Gasteiger partial charge in [0.05, 0.1) is 0 Å². The van der Waals surface area contributed by atoms with Gasteiger partial charge in [0.1, 0.15) is 10.2 Å². The molecule has 2 heterocycles. The van der Waals surface area contributed by atoms with Crippen LogP contribution < -0.4 is 5.69 Å². The Labute approximate surface area is 127 Å². The fourth-order valence-electron chi connectivity index (χ4n) is 2.10. The minimum absolute atomic E-state index is 0.149. The summed E-state index contributed by atoms with van der Waals surface area (Å²) in [4.78, 5) is 19.7. The molecule has 0 fully saturated rings. The zero-order chi connectivity index (χ0) is 14.9. The zero-order valence-corrected chi connectivity index (χ0v) is 13.9. The van der Waals surface area contributed by atoms with Crippen LogP contribution in [-0.2, 0) is 14.1 Å². The lowest BCUT2D eigenvalue weighted by atomic mass is 10.2. The van der Waals surface area contributed by atoms with E-state index in [0.717, 1.165) is 17.1 Å². The number of fused-ring (bicyclic) bond motifs is 1. The van der Waals surface area contributed by atoms with Crippen LogP contribution in [0.15, 0.2) is 9.95 Å². The first-order valence-electron chi connectivity index (χ1n) is 6.78. The zero-order valence-electron chi connectivity index (χ0n) is 12.3. The molecule has 0 amide bonds. The van der Waals surface area contributed by atoms with Gasteiger partial charge in [0, 0.05) is 19.3 Å². The molecule has 0 aliphatic carbocycles. The Morgan fingerprint density at radius 2 is 2.10 bits per heavy atom. The van der Waals surface area contributed by atoms with Crippen molar-refractivity contribution >= 4 is 35.1 Å². The smallest absolute Gasteiger partial charge is 0.329 e. The van der Waals surface area contributed by atoms with Crippen molar-refractivity contribution in [3.63, 3.8) is 0 Å². The standard InChI is InChI=1S/C13H20N4OS2/c1-5-6-7-8(2)20-12-14-9-10(15-12)16(3)13(18)17(4)11(9)19/h8H,5-7H2,1-4H3,(H,14,15)/t8-/m1/s1. The molecule has 0 aromatic carbocycles. The molecule has 110 valence electrons.